The van der Waals surface area contributed by atoms with E-state index in [0.717, 1.165) is 0 Å². The fourth-order valence-electron chi connectivity index (χ4n) is 1.37. The monoisotopic (exact) mass is 265 g/mol. The van der Waals surface area contributed by atoms with Crippen molar-refractivity contribution in [2.24, 2.45) is 0 Å². The summed E-state index contributed by atoms with van der Waals surface area (Å²) < 4.78 is 24.9. The molecule has 6 heteroatoms. The van der Waals surface area contributed by atoms with Crippen LogP contribution < -0.4 is 5.46 Å². The lowest BCUT2D eigenvalue weighted by Crippen LogP contribution is -2.21. The topological polar surface area (TPSA) is 40.5 Å². The van der Waals surface area contributed by atoms with E-state index in [2.05, 4.69) is 11.8 Å². The van der Waals surface area contributed by atoms with Gasteiger partial charge in [-0.25, -0.2) is 0 Å². The highest BCUT2D eigenvalue weighted by Crippen LogP contribution is 1.99. The zero-order chi connectivity index (χ0) is 14.3. The van der Waals surface area contributed by atoms with E-state index in [1.54, 1.807) is 13.1 Å². The summed E-state index contributed by atoms with van der Waals surface area (Å²) in [6.45, 7) is 0.385. The summed E-state index contributed by atoms with van der Waals surface area (Å²) in [6, 6.07) is 5.72. The SMILES string of the molecule is CN(C=O)CC[C@@H](O)C#Cc1cccc(B(F)F)c1. The van der Waals surface area contributed by atoms with Crippen LogP contribution in [0.5, 0.6) is 0 Å². The maximum absolute atomic E-state index is 12.5. The molecule has 0 heterocycles. The molecule has 0 aliphatic rings. The van der Waals surface area contributed by atoms with Crippen molar-refractivity contribution in [3.05, 3.63) is 29.8 Å². The third kappa shape index (κ3) is 5.53. The van der Waals surface area contributed by atoms with Crippen LogP contribution >= 0.6 is 0 Å². The number of aliphatic hydroxyl groups is 1. The molecule has 100 valence electrons. The molecule has 0 saturated heterocycles. The minimum absolute atomic E-state index is 0.0954. The van der Waals surface area contributed by atoms with Crippen molar-refractivity contribution in [3.63, 3.8) is 0 Å². The molecule has 0 unspecified atom stereocenters. The van der Waals surface area contributed by atoms with Crippen LogP contribution in [0.15, 0.2) is 24.3 Å². The number of hydrogen-bond donors (Lipinski definition) is 1. The standard InChI is InChI=1S/C13H14BF2NO2/c1-17(10-18)8-7-13(19)6-5-11-3-2-4-12(9-11)14(15)16/h2-4,9-10,13,19H,7-8H2,1H3/t13-/m0/s1. The van der Waals surface area contributed by atoms with E-state index in [9.17, 15) is 18.5 Å². The Bertz CT molecular complexity index is 485. The Morgan fingerprint density at radius 1 is 1.53 bits per heavy atom. The van der Waals surface area contributed by atoms with Gasteiger partial charge < -0.3 is 10.0 Å². The van der Waals surface area contributed by atoms with E-state index in [4.69, 9.17) is 0 Å². The number of hydrogen-bond acceptors (Lipinski definition) is 2. The fourth-order valence-corrected chi connectivity index (χ4v) is 1.37. The number of rotatable bonds is 5. The van der Waals surface area contributed by atoms with Crippen LogP contribution in [0, 0.1) is 11.8 Å². The second-order valence-corrected chi connectivity index (χ2v) is 4.09. The molecule has 1 atom stereocenters. The number of halogens is 2. The Kier molecular flexibility index (Phi) is 6.03. The molecule has 1 aromatic rings. The van der Waals surface area contributed by atoms with E-state index in [-0.39, 0.29) is 5.46 Å². The van der Waals surface area contributed by atoms with Crippen molar-refractivity contribution in [2.45, 2.75) is 12.5 Å². The summed E-state index contributed by atoms with van der Waals surface area (Å²) in [4.78, 5) is 11.7. The van der Waals surface area contributed by atoms with E-state index < -0.39 is 13.4 Å². The second-order valence-electron chi connectivity index (χ2n) is 4.09. The van der Waals surface area contributed by atoms with E-state index in [1.807, 2.05) is 0 Å². The highest BCUT2D eigenvalue weighted by molar-refractivity contribution is 6.59. The Labute approximate surface area is 111 Å². The molecule has 0 fully saturated rings. The summed E-state index contributed by atoms with van der Waals surface area (Å²) in [6.07, 6.45) is 0.0841. The van der Waals surface area contributed by atoms with Crippen molar-refractivity contribution in [3.8, 4) is 11.8 Å². The summed E-state index contributed by atoms with van der Waals surface area (Å²) in [5.74, 6) is 5.20. The molecule has 0 aliphatic carbocycles. The van der Waals surface area contributed by atoms with Gasteiger partial charge in [0.05, 0.1) is 0 Å². The highest BCUT2D eigenvalue weighted by Gasteiger charge is 2.15. The molecular formula is C13H14BF2NO2. The van der Waals surface area contributed by atoms with Gasteiger partial charge in [-0.15, -0.1) is 0 Å². The first-order chi connectivity index (χ1) is 9.02. The van der Waals surface area contributed by atoms with Gasteiger partial charge in [-0.3, -0.25) is 13.4 Å². The van der Waals surface area contributed by atoms with Crippen LogP contribution in [0.3, 0.4) is 0 Å². The zero-order valence-corrected chi connectivity index (χ0v) is 10.5. The Morgan fingerprint density at radius 2 is 2.26 bits per heavy atom. The molecule has 0 saturated carbocycles. The van der Waals surface area contributed by atoms with Gasteiger partial charge in [0.1, 0.15) is 6.10 Å². The molecule has 0 radical (unpaired) electrons. The second kappa shape index (κ2) is 7.54. The fraction of sp³-hybridized carbons (Fsp3) is 0.308. The average Bonchev–Trinajstić information content (AvgIpc) is 2.42. The molecule has 1 amide bonds. The number of amides is 1. The van der Waals surface area contributed by atoms with Crippen molar-refractivity contribution >= 4 is 19.1 Å². The molecule has 1 N–H and O–H groups in total. The summed E-state index contributed by atoms with van der Waals surface area (Å²) in [7, 11) is -0.938. The van der Waals surface area contributed by atoms with E-state index in [1.165, 1.54) is 23.1 Å². The first-order valence-corrected chi connectivity index (χ1v) is 5.76. The molecule has 1 aromatic carbocycles. The average molecular weight is 265 g/mol. The first kappa shape index (κ1) is 15.2. The Balaban J connectivity index is 2.61. The first-order valence-electron chi connectivity index (χ1n) is 5.76. The van der Waals surface area contributed by atoms with Crippen LogP contribution in [-0.2, 0) is 4.79 Å². The Morgan fingerprint density at radius 3 is 2.89 bits per heavy atom. The number of carbonyl (C=O) groups excluding carboxylic acids is 1. The third-order valence-electron chi connectivity index (χ3n) is 2.46. The van der Waals surface area contributed by atoms with Crippen LogP contribution in [0.25, 0.3) is 0 Å². The quantitative estimate of drug-likeness (QED) is 0.479. The lowest BCUT2D eigenvalue weighted by Gasteiger charge is -2.10. The molecule has 3 nitrogen and oxygen atoms in total. The van der Waals surface area contributed by atoms with Gasteiger partial charge in [0.2, 0.25) is 6.41 Å². The molecule has 0 bridgehead atoms. The number of nitrogens with zero attached hydrogens (tertiary/aromatic N) is 1. The highest BCUT2D eigenvalue weighted by atomic mass is 19.2. The summed E-state index contributed by atoms with van der Waals surface area (Å²) >= 11 is 0. The van der Waals surface area contributed by atoms with Gasteiger partial charge in [-0.05, 0) is 17.6 Å². The Hall–Kier alpha value is -1.87. The maximum Gasteiger partial charge on any atom is 0.572 e. The minimum Gasteiger partial charge on any atom is -0.380 e. The molecule has 0 spiro atoms. The van der Waals surface area contributed by atoms with Gasteiger partial charge >= 0.3 is 7.27 Å². The lowest BCUT2D eigenvalue weighted by molar-refractivity contribution is -0.117. The zero-order valence-electron chi connectivity index (χ0n) is 10.5. The van der Waals surface area contributed by atoms with Crippen molar-refractivity contribution in [1.29, 1.82) is 0 Å². The molecule has 0 aliphatic heterocycles. The summed E-state index contributed by atoms with van der Waals surface area (Å²) in [5, 5.41) is 9.57. The molecule has 19 heavy (non-hydrogen) atoms. The lowest BCUT2D eigenvalue weighted by atomic mass is 9.85. The van der Waals surface area contributed by atoms with Crippen molar-refractivity contribution in [2.75, 3.05) is 13.6 Å². The van der Waals surface area contributed by atoms with E-state index >= 15 is 0 Å². The number of aliphatic hydroxyl groups excluding tert-OH is 1. The van der Waals surface area contributed by atoms with Gasteiger partial charge in [-0.1, -0.05) is 24.0 Å². The van der Waals surface area contributed by atoms with Gasteiger partial charge in [0.15, 0.2) is 0 Å². The minimum atomic E-state index is -2.53. The maximum atomic E-state index is 12.5. The van der Waals surface area contributed by atoms with E-state index in [0.29, 0.717) is 24.9 Å². The molecular weight excluding hydrogens is 251 g/mol. The predicted molar refractivity (Wildman–Crippen MR) is 70.2 cm³/mol. The predicted octanol–water partition coefficient (Wildman–Crippen LogP) is 0.511. The third-order valence-corrected chi connectivity index (χ3v) is 2.46. The normalized spacial score (nSPS) is 11.2. The largest absolute Gasteiger partial charge is 0.572 e. The number of carbonyl (C=O) groups is 1. The van der Waals surface area contributed by atoms with Crippen LogP contribution in [0.1, 0.15) is 12.0 Å². The number of benzene rings is 1. The smallest absolute Gasteiger partial charge is 0.380 e. The molecule has 0 aromatic heterocycles. The molecule has 1 rings (SSSR count). The van der Waals surface area contributed by atoms with Gasteiger partial charge in [-0.2, -0.15) is 0 Å². The van der Waals surface area contributed by atoms with Crippen LogP contribution in [0.4, 0.5) is 8.63 Å². The van der Waals surface area contributed by atoms with Crippen LogP contribution in [0.2, 0.25) is 0 Å². The van der Waals surface area contributed by atoms with Crippen molar-refractivity contribution < 1.29 is 18.5 Å². The van der Waals surface area contributed by atoms with Gasteiger partial charge in [0, 0.05) is 25.6 Å². The van der Waals surface area contributed by atoms with Gasteiger partial charge in [0.25, 0.3) is 0 Å². The van der Waals surface area contributed by atoms with Crippen LogP contribution in [-0.4, -0.2) is 43.4 Å². The van der Waals surface area contributed by atoms with Crippen molar-refractivity contribution in [1.82, 2.24) is 4.90 Å². The summed E-state index contributed by atoms with van der Waals surface area (Å²) in [5.41, 5.74) is 0.336.